The van der Waals surface area contributed by atoms with Crippen LogP contribution in [-0.4, -0.2) is 27.4 Å². The van der Waals surface area contributed by atoms with Crippen LogP contribution in [0.4, 0.5) is 0 Å². The summed E-state index contributed by atoms with van der Waals surface area (Å²) in [7, 11) is 3.38. The molecular weight excluding hydrogens is 268 g/mol. The zero-order chi connectivity index (χ0) is 15.0. The largest absolute Gasteiger partial charge is 0.492 e. The van der Waals surface area contributed by atoms with Gasteiger partial charge in [-0.15, -0.1) is 0 Å². The number of allylic oxidation sites excluding steroid dienone is 2. The second-order valence-corrected chi connectivity index (χ2v) is 5.25. The Morgan fingerprint density at radius 3 is 1.57 bits per heavy atom. The smallest absolute Gasteiger partial charge is 0.207 e. The van der Waals surface area contributed by atoms with E-state index in [1.807, 2.05) is 13.8 Å². The van der Waals surface area contributed by atoms with Crippen LogP contribution in [0.5, 0.6) is 23.0 Å². The van der Waals surface area contributed by atoms with Crippen molar-refractivity contribution in [2.45, 2.75) is 32.1 Å². The maximum Gasteiger partial charge on any atom is 0.207 e. The van der Waals surface area contributed by atoms with Crippen molar-refractivity contribution < 1.29 is 18.9 Å². The first kappa shape index (κ1) is 14.1. The van der Waals surface area contributed by atoms with Gasteiger partial charge in [-0.1, -0.05) is 12.2 Å². The Kier molecular flexibility index (Phi) is 3.70. The lowest BCUT2D eigenvalue weighted by Gasteiger charge is -2.24. The van der Waals surface area contributed by atoms with Crippen molar-refractivity contribution in [1.82, 2.24) is 0 Å². The van der Waals surface area contributed by atoms with Crippen LogP contribution < -0.4 is 18.9 Å². The lowest BCUT2D eigenvalue weighted by Crippen LogP contribution is -2.08. The first-order chi connectivity index (χ1) is 10.3. The molecule has 0 heterocycles. The molecule has 4 nitrogen and oxygen atoms in total. The van der Waals surface area contributed by atoms with Crippen LogP contribution in [0.1, 0.15) is 43.2 Å². The molecule has 0 fully saturated rings. The van der Waals surface area contributed by atoms with E-state index >= 15 is 0 Å². The second kappa shape index (κ2) is 5.51. The minimum Gasteiger partial charge on any atom is -0.492 e. The van der Waals surface area contributed by atoms with Gasteiger partial charge in [0.25, 0.3) is 0 Å². The van der Waals surface area contributed by atoms with Gasteiger partial charge < -0.3 is 18.9 Å². The fourth-order valence-electron chi connectivity index (χ4n) is 3.52. The third-order valence-corrected chi connectivity index (χ3v) is 4.21. The summed E-state index contributed by atoms with van der Waals surface area (Å²) in [5.41, 5.74) is 2.41. The maximum atomic E-state index is 5.83. The molecule has 0 amide bonds. The third kappa shape index (κ3) is 1.96. The van der Waals surface area contributed by atoms with Crippen LogP contribution in [0.2, 0.25) is 0 Å². The van der Waals surface area contributed by atoms with Gasteiger partial charge in [0.05, 0.1) is 27.4 Å². The van der Waals surface area contributed by atoms with E-state index in [0.29, 0.717) is 36.5 Å². The molecule has 2 aliphatic rings. The number of hydrogen-bond donors (Lipinski definition) is 0. The average molecular weight is 290 g/mol. The fraction of sp³-hybridized carbons (Fsp3) is 0.529. The van der Waals surface area contributed by atoms with E-state index in [1.54, 1.807) is 14.2 Å². The number of fused-ring (bicyclic) bond motifs is 5. The molecule has 3 rings (SSSR count). The third-order valence-electron chi connectivity index (χ3n) is 4.21. The molecule has 0 aliphatic heterocycles. The van der Waals surface area contributed by atoms with Crippen molar-refractivity contribution in [3.8, 4) is 23.0 Å². The van der Waals surface area contributed by atoms with E-state index in [2.05, 4.69) is 12.2 Å². The van der Waals surface area contributed by atoms with Gasteiger partial charge in [-0.25, -0.2) is 0 Å². The van der Waals surface area contributed by atoms with Gasteiger partial charge in [0.1, 0.15) is 0 Å². The predicted molar refractivity (Wildman–Crippen MR) is 81.1 cm³/mol. The van der Waals surface area contributed by atoms with Gasteiger partial charge in [-0.3, -0.25) is 0 Å². The monoisotopic (exact) mass is 290 g/mol. The Bertz CT molecular complexity index is 528. The molecule has 0 saturated heterocycles. The van der Waals surface area contributed by atoms with E-state index in [1.165, 1.54) is 11.1 Å². The fourth-order valence-corrected chi connectivity index (χ4v) is 3.52. The lowest BCUT2D eigenvalue weighted by atomic mass is 9.93. The molecular formula is C17H22O4. The number of hydrogen-bond acceptors (Lipinski definition) is 4. The summed E-state index contributed by atoms with van der Waals surface area (Å²) in [6, 6.07) is 0. The van der Waals surface area contributed by atoms with Crippen molar-refractivity contribution in [3.63, 3.8) is 0 Å². The van der Waals surface area contributed by atoms with Crippen LogP contribution in [-0.2, 0) is 0 Å². The zero-order valence-corrected chi connectivity index (χ0v) is 13.1. The Labute approximate surface area is 125 Å². The summed E-state index contributed by atoms with van der Waals surface area (Å²) in [5.74, 6) is 3.71. The van der Waals surface area contributed by atoms with Gasteiger partial charge in [0.15, 0.2) is 11.5 Å². The first-order valence-electron chi connectivity index (χ1n) is 7.52. The molecule has 0 spiro atoms. The molecule has 2 unspecified atom stereocenters. The molecule has 2 aliphatic carbocycles. The predicted octanol–water partition coefficient (Wildman–Crippen LogP) is 3.64. The van der Waals surface area contributed by atoms with Crippen LogP contribution in [0.3, 0.4) is 0 Å². The molecule has 1 aromatic carbocycles. The quantitative estimate of drug-likeness (QED) is 0.750. The van der Waals surface area contributed by atoms with Gasteiger partial charge in [-0.2, -0.15) is 0 Å². The SMILES string of the molecule is CCOc1c(OCC)c(OC)c2c(c1OC)C1C=CC2C1. The van der Waals surface area contributed by atoms with E-state index in [-0.39, 0.29) is 0 Å². The molecule has 4 heteroatoms. The zero-order valence-electron chi connectivity index (χ0n) is 13.1. The summed E-state index contributed by atoms with van der Waals surface area (Å²) in [4.78, 5) is 0. The molecule has 2 atom stereocenters. The van der Waals surface area contributed by atoms with E-state index in [0.717, 1.165) is 17.9 Å². The second-order valence-electron chi connectivity index (χ2n) is 5.25. The first-order valence-corrected chi connectivity index (χ1v) is 7.52. The van der Waals surface area contributed by atoms with Gasteiger partial charge in [-0.05, 0) is 20.3 Å². The summed E-state index contributed by atoms with van der Waals surface area (Å²) < 4.78 is 23.0. The molecule has 0 N–H and O–H groups in total. The highest BCUT2D eigenvalue weighted by Crippen LogP contribution is 2.61. The van der Waals surface area contributed by atoms with E-state index in [9.17, 15) is 0 Å². The Hall–Kier alpha value is -1.84. The standard InChI is InChI=1S/C17H22O4/c1-5-20-16-14(18-3)12-10-7-8-11(9-10)13(12)15(19-4)17(16)21-6-2/h7-8,10-11H,5-6,9H2,1-4H3. The normalized spacial score (nSPS) is 21.3. The Balaban J connectivity index is 2.28. The maximum absolute atomic E-state index is 5.83. The number of ether oxygens (including phenoxy) is 4. The van der Waals surface area contributed by atoms with Crippen LogP contribution in [0.25, 0.3) is 0 Å². The molecule has 21 heavy (non-hydrogen) atoms. The van der Waals surface area contributed by atoms with Crippen molar-refractivity contribution in [3.05, 3.63) is 23.3 Å². The highest BCUT2D eigenvalue weighted by Gasteiger charge is 2.41. The molecule has 2 bridgehead atoms. The van der Waals surface area contributed by atoms with E-state index < -0.39 is 0 Å². The lowest BCUT2D eigenvalue weighted by molar-refractivity contribution is 0.257. The summed E-state index contributed by atoms with van der Waals surface area (Å²) in [6.45, 7) is 5.03. The molecule has 114 valence electrons. The van der Waals surface area contributed by atoms with Crippen LogP contribution >= 0.6 is 0 Å². The Morgan fingerprint density at radius 1 is 0.810 bits per heavy atom. The number of benzene rings is 1. The topological polar surface area (TPSA) is 36.9 Å². The van der Waals surface area contributed by atoms with Crippen LogP contribution in [0, 0.1) is 0 Å². The Morgan fingerprint density at radius 2 is 1.24 bits per heavy atom. The van der Waals surface area contributed by atoms with Crippen molar-refractivity contribution in [2.75, 3.05) is 27.4 Å². The summed E-state index contributed by atoms with van der Waals surface area (Å²) >= 11 is 0. The van der Waals surface area contributed by atoms with Crippen molar-refractivity contribution >= 4 is 0 Å². The molecule has 1 aromatic rings. The van der Waals surface area contributed by atoms with Gasteiger partial charge in [0.2, 0.25) is 11.5 Å². The summed E-state index contributed by atoms with van der Waals surface area (Å²) in [6.07, 6.45) is 5.60. The van der Waals surface area contributed by atoms with Crippen LogP contribution in [0.15, 0.2) is 12.2 Å². The minimum atomic E-state index is 0.392. The summed E-state index contributed by atoms with van der Waals surface area (Å²) in [5, 5.41) is 0. The van der Waals surface area contributed by atoms with Crippen molar-refractivity contribution in [2.24, 2.45) is 0 Å². The van der Waals surface area contributed by atoms with Gasteiger partial charge in [0, 0.05) is 23.0 Å². The molecule has 0 saturated carbocycles. The number of rotatable bonds is 6. The highest BCUT2D eigenvalue weighted by atomic mass is 16.6. The highest BCUT2D eigenvalue weighted by molar-refractivity contribution is 5.72. The number of methoxy groups -OCH3 is 2. The molecule has 0 radical (unpaired) electrons. The van der Waals surface area contributed by atoms with Crippen molar-refractivity contribution in [1.29, 1.82) is 0 Å². The molecule has 0 aromatic heterocycles. The van der Waals surface area contributed by atoms with E-state index in [4.69, 9.17) is 18.9 Å². The van der Waals surface area contributed by atoms with Gasteiger partial charge >= 0.3 is 0 Å². The minimum absolute atomic E-state index is 0.392. The average Bonchev–Trinajstić information content (AvgIpc) is 3.10.